The molecule has 27 heavy (non-hydrogen) atoms. The number of carbonyl (C=O) groups excluding carboxylic acids is 2. The first kappa shape index (κ1) is 18.4. The summed E-state index contributed by atoms with van der Waals surface area (Å²) < 4.78 is 0. The second-order valence-electron chi connectivity index (χ2n) is 5.59. The fraction of sp³-hybridized carbons (Fsp3) is 0. The third kappa shape index (κ3) is 5.26. The van der Waals surface area contributed by atoms with Gasteiger partial charge in [-0.25, -0.2) is 4.98 Å². The number of anilines is 2. The number of carbonyl (C=O) groups is 2. The summed E-state index contributed by atoms with van der Waals surface area (Å²) in [6.45, 7) is 0. The minimum Gasteiger partial charge on any atom is -0.351 e. The van der Waals surface area contributed by atoms with Crippen LogP contribution in [0.5, 0.6) is 0 Å². The molecule has 134 valence electrons. The van der Waals surface area contributed by atoms with Crippen LogP contribution < -0.4 is 10.6 Å². The zero-order valence-corrected chi connectivity index (χ0v) is 15.0. The molecule has 0 aliphatic rings. The maximum atomic E-state index is 12.7. The van der Waals surface area contributed by atoms with Gasteiger partial charge < -0.3 is 10.6 Å². The van der Waals surface area contributed by atoms with Gasteiger partial charge in [0.15, 0.2) is 5.78 Å². The van der Waals surface area contributed by atoms with Crippen LogP contribution in [0.15, 0.2) is 90.8 Å². The Hall–Kier alpha value is -3.44. The number of benzene rings is 2. The topological polar surface area (TPSA) is 71.1 Å². The van der Waals surface area contributed by atoms with Gasteiger partial charge in [-0.05, 0) is 48.5 Å². The number of amides is 1. The molecule has 5 nitrogen and oxygen atoms in total. The summed E-state index contributed by atoms with van der Waals surface area (Å²) in [5, 5.41) is 6.19. The van der Waals surface area contributed by atoms with Crippen LogP contribution in [-0.4, -0.2) is 16.7 Å². The molecule has 0 unspecified atom stereocenters. The second-order valence-corrected chi connectivity index (χ2v) is 6.03. The molecular weight excluding hydrogens is 362 g/mol. The number of rotatable bonds is 6. The van der Waals surface area contributed by atoms with Gasteiger partial charge >= 0.3 is 0 Å². The van der Waals surface area contributed by atoms with Crippen LogP contribution in [0.4, 0.5) is 11.5 Å². The van der Waals surface area contributed by atoms with Gasteiger partial charge in [0.1, 0.15) is 11.5 Å². The Morgan fingerprint density at radius 2 is 1.56 bits per heavy atom. The first-order chi connectivity index (χ1) is 13.1. The quantitative estimate of drug-likeness (QED) is 0.488. The van der Waals surface area contributed by atoms with Crippen molar-refractivity contribution >= 4 is 34.8 Å². The molecule has 3 aromatic rings. The molecule has 2 aromatic carbocycles. The van der Waals surface area contributed by atoms with Gasteiger partial charge in [-0.15, -0.1) is 0 Å². The Morgan fingerprint density at radius 1 is 0.852 bits per heavy atom. The van der Waals surface area contributed by atoms with E-state index >= 15 is 0 Å². The summed E-state index contributed by atoms with van der Waals surface area (Å²) in [4.78, 5) is 29.3. The fourth-order valence-corrected chi connectivity index (χ4v) is 2.41. The minimum atomic E-state index is -0.472. The van der Waals surface area contributed by atoms with Gasteiger partial charge in [-0.3, -0.25) is 9.59 Å². The number of pyridine rings is 1. The van der Waals surface area contributed by atoms with Crippen LogP contribution in [-0.2, 0) is 4.79 Å². The van der Waals surface area contributed by atoms with Gasteiger partial charge in [0.05, 0.1) is 0 Å². The number of nitrogens with one attached hydrogen (secondary N) is 2. The van der Waals surface area contributed by atoms with Gasteiger partial charge in [-0.2, -0.15) is 0 Å². The molecule has 0 spiro atoms. The number of hydrogen-bond donors (Lipinski definition) is 2. The number of nitrogens with zero attached hydrogens (tertiary/aromatic N) is 1. The van der Waals surface area contributed by atoms with E-state index in [9.17, 15) is 9.59 Å². The highest BCUT2D eigenvalue weighted by atomic mass is 35.5. The molecule has 0 saturated heterocycles. The summed E-state index contributed by atoms with van der Waals surface area (Å²) in [6.07, 6.45) is 2.83. The number of halogens is 1. The standard InChI is InChI=1S/C21H16ClN3O2/c22-16-11-9-15(10-12-16)19(26)14-18(24-17-6-2-1-3-7-17)21(27)25-20-8-4-5-13-23-20/h1-14,24H,(H,23,25,27)/b18-14-. The lowest BCUT2D eigenvalue weighted by molar-refractivity contribution is -0.112. The largest absolute Gasteiger partial charge is 0.351 e. The Balaban J connectivity index is 1.87. The number of allylic oxidation sites excluding steroid dienone is 1. The fourth-order valence-electron chi connectivity index (χ4n) is 2.28. The first-order valence-electron chi connectivity index (χ1n) is 8.18. The van der Waals surface area contributed by atoms with Crippen LogP contribution >= 0.6 is 11.6 Å². The smallest absolute Gasteiger partial charge is 0.273 e. The Morgan fingerprint density at radius 3 is 2.22 bits per heavy atom. The van der Waals surface area contributed by atoms with Crippen molar-refractivity contribution in [3.05, 3.63) is 101 Å². The van der Waals surface area contributed by atoms with E-state index in [1.165, 1.54) is 6.08 Å². The van der Waals surface area contributed by atoms with E-state index in [1.807, 2.05) is 18.2 Å². The zero-order valence-electron chi connectivity index (χ0n) is 14.2. The summed E-state index contributed by atoms with van der Waals surface area (Å²) in [5.41, 5.74) is 1.22. The third-order valence-electron chi connectivity index (χ3n) is 3.61. The molecule has 0 saturated carbocycles. The van der Waals surface area contributed by atoms with Gasteiger partial charge in [0.25, 0.3) is 5.91 Å². The van der Waals surface area contributed by atoms with Crippen molar-refractivity contribution in [1.82, 2.24) is 4.98 Å². The number of hydrogen-bond acceptors (Lipinski definition) is 4. The molecule has 3 rings (SSSR count). The molecule has 1 aromatic heterocycles. The van der Waals surface area contributed by atoms with Crippen LogP contribution in [0, 0.1) is 0 Å². The van der Waals surface area contributed by atoms with Crippen molar-refractivity contribution in [1.29, 1.82) is 0 Å². The number of aromatic nitrogens is 1. The first-order valence-corrected chi connectivity index (χ1v) is 8.56. The lowest BCUT2D eigenvalue weighted by Crippen LogP contribution is -2.21. The molecule has 0 radical (unpaired) electrons. The maximum absolute atomic E-state index is 12.7. The van der Waals surface area contributed by atoms with Gasteiger partial charge in [0, 0.05) is 28.5 Å². The SMILES string of the molecule is O=C(Nc1ccccn1)/C(=C/C(=O)c1ccc(Cl)cc1)Nc1ccccc1. The maximum Gasteiger partial charge on any atom is 0.273 e. The molecule has 0 bridgehead atoms. The zero-order chi connectivity index (χ0) is 19.1. The number of para-hydroxylation sites is 1. The van der Waals surface area contributed by atoms with Crippen molar-refractivity contribution in [2.24, 2.45) is 0 Å². The minimum absolute atomic E-state index is 0.104. The van der Waals surface area contributed by atoms with E-state index in [-0.39, 0.29) is 11.5 Å². The number of ketones is 1. The Labute approximate surface area is 161 Å². The molecule has 0 aliphatic carbocycles. The summed E-state index contributed by atoms with van der Waals surface area (Å²) >= 11 is 5.86. The molecular formula is C21H16ClN3O2. The lowest BCUT2D eigenvalue weighted by Gasteiger charge is -2.11. The molecule has 0 atom stereocenters. The van der Waals surface area contributed by atoms with Crippen molar-refractivity contribution in [3.63, 3.8) is 0 Å². The normalized spacial score (nSPS) is 10.9. The molecule has 1 amide bonds. The summed E-state index contributed by atoms with van der Waals surface area (Å²) in [6, 6.07) is 20.8. The van der Waals surface area contributed by atoms with Crippen molar-refractivity contribution < 1.29 is 9.59 Å². The van der Waals surface area contributed by atoms with E-state index in [4.69, 9.17) is 11.6 Å². The van der Waals surface area contributed by atoms with E-state index < -0.39 is 5.91 Å². The van der Waals surface area contributed by atoms with Crippen LogP contribution in [0.25, 0.3) is 0 Å². The monoisotopic (exact) mass is 377 g/mol. The Bertz CT molecular complexity index is 956. The van der Waals surface area contributed by atoms with Gasteiger partial charge in [-0.1, -0.05) is 35.9 Å². The highest BCUT2D eigenvalue weighted by Crippen LogP contribution is 2.14. The molecule has 0 aliphatic heterocycles. The molecule has 0 fully saturated rings. The van der Waals surface area contributed by atoms with Crippen LogP contribution in [0.1, 0.15) is 10.4 Å². The van der Waals surface area contributed by atoms with E-state index in [0.29, 0.717) is 22.1 Å². The summed E-state index contributed by atoms with van der Waals surface area (Å²) in [7, 11) is 0. The molecule has 2 N–H and O–H groups in total. The van der Waals surface area contributed by atoms with Crippen molar-refractivity contribution in [2.75, 3.05) is 10.6 Å². The highest BCUT2D eigenvalue weighted by Gasteiger charge is 2.14. The van der Waals surface area contributed by atoms with E-state index in [0.717, 1.165) is 0 Å². The molecule has 6 heteroatoms. The predicted octanol–water partition coefficient (Wildman–Crippen LogP) is 4.55. The third-order valence-corrected chi connectivity index (χ3v) is 3.86. The average Bonchev–Trinajstić information content (AvgIpc) is 2.69. The second kappa shape index (κ2) is 8.78. The highest BCUT2D eigenvalue weighted by molar-refractivity contribution is 6.30. The van der Waals surface area contributed by atoms with E-state index in [1.54, 1.807) is 60.8 Å². The van der Waals surface area contributed by atoms with E-state index in [2.05, 4.69) is 15.6 Å². The molecule has 1 heterocycles. The van der Waals surface area contributed by atoms with Crippen molar-refractivity contribution in [2.45, 2.75) is 0 Å². The van der Waals surface area contributed by atoms with Crippen molar-refractivity contribution in [3.8, 4) is 0 Å². The average molecular weight is 378 g/mol. The Kier molecular flexibility index (Phi) is 5.97. The van der Waals surface area contributed by atoms with Crippen LogP contribution in [0.2, 0.25) is 5.02 Å². The predicted molar refractivity (Wildman–Crippen MR) is 107 cm³/mol. The van der Waals surface area contributed by atoms with Crippen LogP contribution in [0.3, 0.4) is 0 Å². The van der Waals surface area contributed by atoms with Gasteiger partial charge in [0.2, 0.25) is 0 Å². The lowest BCUT2D eigenvalue weighted by atomic mass is 10.1. The summed E-state index contributed by atoms with van der Waals surface area (Å²) in [5.74, 6) is -0.400.